The predicted octanol–water partition coefficient (Wildman–Crippen LogP) is 2.88. The average Bonchev–Trinajstić information content (AvgIpc) is 2.38. The van der Waals surface area contributed by atoms with Crippen LogP contribution in [-0.2, 0) is 0 Å². The highest BCUT2D eigenvalue weighted by molar-refractivity contribution is 5.88. The minimum atomic E-state index is 0.449. The minimum Gasteiger partial charge on any atom is -0.481 e. The van der Waals surface area contributed by atoms with Gasteiger partial charge in [0.15, 0.2) is 6.29 Å². The first-order chi connectivity index (χ1) is 8.26. The van der Waals surface area contributed by atoms with E-state index in [1.54, 1.807) is 12.3 Å². The molecule has 0 spiro atoms. The summed E-state index contributed by atoms with van der Waals surface area (Å²) in [6.07, 6.45) is 2.50. The Kier molecular flexibility index (Phi) is 3.19. The Morgan fingerprint density at radius 3 is 2.65 bits per heavy atom. The van der Waals surface area contributed by atoms with Crippen molar-refractivity contribution >= 4 is 6.29 Å². The maximum Gasteiger partial charge on any atom is 0.213 e. The second kappa shape index (κ2) is 4.78. The van der Waals surface area contributed by atoms with Crippen LogP contribution in [0.25, 0.3) is 11.1 Å². The first kappa shape index (κ1) is 11.3. The van der Waals surface area contributed by atoms with Gasteiger partial charge in [-0.05, 0) is 18.1 Å². The molecular formula is C14H13NO2. The Morgan fingerprint density at radius 1 is 1.24 bits per heavy atom. The van der Waals surface area contributed by atoms with E-state index in [1.807, 2.05) is 31.2 Å². The number of pyridine rings is 1. The van der Waals surface area contributed by atoms with Gasteiger partial charge >= 0.3 is 0 Å². The summed E-state index contributed by atoms with van der Waals surface area (Å²) in [6.45, 7) is 2.01. The molecule has 0 saturated heterocycles. The molecule has 0 bridgehead atoms. The molecule has 86 valence electrons. The lowest BCUT2D eigenvalue weighted by Crippen LogP contribution is -1.94. The van der Waals surface area contributed by atoms with Gasteiger partial charge in [-0.25, -0.2) is 4.98 Å². The molecule has 2 aromatic rings. The molecule has 0 N–H and O–H groups in total. The van der Waals surface area contributed by atoms with Crippen molar-refractivity contribution in [2.24, 2.45) is 0 Å². The lowest BCUT2D eigenvalue weighted by atomic mass is 9.98. The monoisotopic (exact) mass is 227 g/mol. The molecule has 0 unspecified atom stereocenters. The van der Waals surface area contributed by atoms with Crippen molar-refractivity contribution in [1.82, 2.24) is 4.98 Å². The molecule has 1 aromatic heterocycles. The van der Waals surface area contributed by atoms with Gasteiger partial charge in [-0.15, -0.1) is 0 Å². The number of rotatable bonds is 3. The summed E-state index contributed by atoms with van der Waals surface area (Å²) < 4.78 is 5.01. The van der Waals surface area contributed by atoms with E-state index in [-0.39, 0.29) is 0 Å². The smallest absolute Gasteiger partial charge is 0.213 e. The van der Waals surface area contributed by atoms with Gasteiger partial charge in [-0.1, -0.05) is 24.3 Å². The van der Waals surface area contributed by atoms with E-state index >= 15 is 0 Å². The van der Waals surface area contributed by atoms with Crippen LogP contribution in [0.15, 0.2) is 36.5 Å². The molecule has 0 aliphatic rings. The molecule has 3 heteroatoms. The van der Waals surface area contributed by atoms with Gasteiger partial charge < -0.3 is 4.74 Å². The van der Waals surface area contributed by atoms with Crippen LogP contribution in [0.5, 0.6) is 5.88 Å². The van der Waals surface area contributed by atoms with E-state index in [0.29, 0.717) is 11.4 Å². The number of hydrogen-bond donors (Lipinski definition) is 0. The summed E-state index contributed by atoms with van der Waals surface area (Å²) in [6, 6.07) is 9.55. The van der Waals surface area contributed by atoms with Crippen LogP contribution < -0.4 is 4.74 Å². The zero-order valence-corrected chi connectivity index (χ0v) is 9.81. The molecular weight excluding hydrogens is 214 g/mol. The topological polar surface area (TPSA) is 39.2 Å². The van der Waals surface area contributed by atoms with Crippen molar-refractivity contribution in [3.63, 3.8) is 0 Å². The van der Waals surface area contributed by atoms with Crippen LogP contribution in [0.1, 0.15) is 15.9 Å². The van der Waals surface area contributed by atoms with Gasteiger partial charge in [0.2, 0.25) is 5.88 Å². The highest BCUT2D eigenvalue weighted by Gasteiger charge is 2.08. The van der Waals surface area contributed by atoms with Gasteiger partial charge in [0.05, 0.1) is 7.11 Å². The summed E-state index contributed by atoms with van der Waals surface area (Å²) in [5.74, 6) is 0.449. The van der Waals surface area contributed by atoms with E-state index < -0.39 is 0 Å². The Hall–Kier alpha value is -2.16. The molecule has 1 aromatic carbocycles. The molecule has 3 nitrogen and oxygen atoms in total. The van der Waals surface area contributed by atoms with E-state index in [0.717, 1.165) is 23.0 Å². The van der Waals surface area contributed by atoms with Gasteiger partial charge in [-0.3, -0.25) is 4.79 Å². The standard InChI is InChI=1S/C14H13NO2/c1-10-5-3-4-6-12(10)13-8-15-14(17-2)7-11(13)9-16/h3-9H,1-2H3. The molecule has 17 heavy (non-hydrogen) atoms. The van der Waals surface area contributed by atoms with E-state index in [1.165, 1.54) is 7.11 Å². The maximum atomic E-state index is 11.1. The fourth-order valence-corrected chi connectivity index (χ4v) is 1.76. The molecule has 0 aliphatic carbocycles. The number of aldehydes is 1. The van der Waals surface area contributed by atoms with Crippen LogP contribution in [0.2, 0.25) is 0 Å². The SMILES string of the molecule is COc1cc(C=O)c(-c2ccccc2C)cn1. The Bertz CT molecular complexity index is 550. The van der Waals surface area contributed by atoms with E-state index in [4.69, 9.17) is 4.74 Å². The zero-order valence-electron chi connectivity index (χ0n) is 9.81. The van der Waals surface area contributed by atoms with Gasteiger partial charge in [0.25, 0.3) is 0 Å². The third kappa shape index (κ3) is 2.18. The number of aryl methyl sites for hydroxylation is 1. The van der Waals surface area contributed by atoms with Crippen molar-refractivity contribution in [3.05, 3.63) is 47.7 Å². The van der Waals surface area contributed by atoms with Crippen molar-refractivity contribution in [1.29, 1.82) is 0 Å². The zero-order chi connectivity index (χ0) is 12.3. The molecule has 0 saturated carbocycles. The Balaban J connectivity index is 2.60. The lowest BCUT2D eigenvalue weighted by Gasteiger charge is -2.09. The highest BCUT2D eigenvalue weighted by atomic mass is 16.5. The summed E-state index contributed by atoms with van der Waals surface area (Å²) in [7, 11) is 1.53. The first-order valence-corrected chi connectivity index (χ1v) is 5.31. The third-order valence-corrected chi connectivity index (χ3v) is 2.68. The minimum absolute atomic E-state index is 0.449. The predicted molar refractivity (Wildman–Crippen MR) is 66.3 cm³/mol. The van der Waals surface area contributed by atoms with Crippen LogP contribution in [0.3, 0.4) is 0 Å². The van der Waals surface area contributed by atoms with Crippen LogP contribution in [-0.4, -0.2) is 18.4 Å². The van der Waals surface area contributed by atoms with Gasteiger partial charge in [0.1, 0.15) is 0 Å². The molecule has 1 heterocycles. The van der Waals surface area contributed by atoms with Crippen LogP contribution >= 0.6 is 0 Å². The van der Waals surface area contributed by atoms with Crippen molar-refractivity contribution in [3.8, 4) is 17.0 Å². The Labute approximate surface area is 100 Å². The van der Waals surface area contributed by atoms with Crippen molar-refractivity contribution in [2.45, 2.75) is 6.92 Å². The molecule has 0 aliphatic heterocycles. The lowest BCUT2D eigenvalue weighted by molar-refractivity contribution is 0.112. The third-order valence-electron chi connectivity index (χ3n) is 2.68. The normalized spacial score (nSPS) is 10.0. The molecule has 0 radical (unpaired) electrons. The number of benzene rings is 1. The van der Waals surface area contributed by atoms with Crippen LogP contribution in [0.4, 0.5) is 0 Å². The fraction of sp³-hybridized carbons (Fsp3) is 0.143. The van der Waals surface area contributed by atoms with E-state index in [2.05, 4.69) is 4.98 Å². The van der Waals surface area contributed by atoms with Crippen molar-refractivity contribution in [2.75, 3.05) is 7.11 Å². The number of methoxy groups -OCH3 is 1. The molecule has 0 fully saturated rings. The highest BCUT2D eigenvalue weighted by Crippen LogP contribution is 2.26. The second-order valence-corrected chi connectivity index (χ2v) is 3.75. The molecule has 0 atom stereocenters. The number of aromatic nitrogens is 1. The van der Waals surface area contributed by atoms with Gasteiger partial charge in [-0.2, -0.15) is 0 Å². The fourth-order valence-electron chi connectivity index (χ4n) is 1.76. The Morgan fingerprint density at radius 2 is 2.00 bits per heavy atom. The summed E-state index contributed by atoms with van der Waals surface area (Å²) >= 11 is 0. The maximum absolute atomic E-state index is 11.1. The summed E-state index contributed by atoms with van der Waals surface area (Å²) in [5.41, 5.74) is 3.55. The number of carbonyl (C=O) groups excluding carboxylic acids is 1. The molecule has 0 amide bonds. The van der Waals surface area contributed by atoms with Gasteiger partial charge in [0, 0.05) is 23.4 Å². The summed E-state index contributed by atoms with van der Waals surface area (Å²) in [4.78, 5) is 15.2. The quantitative estimate of drug-likeness (QED) is 0.757. The molecule has 2 rings (SSSR count). The van der Waals surface area contributed by atoms with Crippen molar-refractivity contribution < 1.29 is 9.53 Å². The number of carbonyl (C=O) groups is 1. The number of nitrogens with zero attached hydrogens (tertiary/aromatic N) is 1. The van der Waals surface area contributed by atoms with E-state index in [9.17, 15) is 4.79 Å². The summed E-state index contributed by atoms with van der Waals surface area (Å²) in [5, 5.41) is 0. The van der Waals surface area contributed by atoms with Crippen LogP contribution in [0, 0.1) is 6.92 Å². The largest absolute Gasteiger partial charge is 0.481 e. The second-order valence-electron chi connectivity index (χ2n) is 3.75. The first-order valence-electron chi connectivity index (χ1n) is 5.31. The average molecular weight is 227 g/mol. The number of hydrogen-bond acceptors (Lipinski definition) is 3. The number of ether oxygens (including phenoxy) is 1.